The van der Waals surface area contributed by atoms with Crippen molar-refractivity contribution in [2.75, 3.05) is 29.6 Å². The van der Waals surface area contributed by atoms with Gasteiger partial charge < -0.3 is 20.3 Å². The Labute approximate surface area is 223 Å². The Hall–Kier alpha value is -3.71. The van der Waals surface area contributed by atoms with Crippen molar-refractivity contribution in [2.24, 2.45) is 23.5 Å². The monoisotopic (exact) mass is 513 g/mol. The van der Waals surface area contributed by atoms with Crippen LogP contribution in [0.5, 0.6) is 0 Å². The summed E-state index contributed by atoms with van der Waals surface area (Å²) < 4.78 is 5.48. The van der Waals surface area contributed by atoms with Crippen molar-refractivity contribution in [3.63, 3.8) is 0 Å². The number of para-hydroxylation sites is 2. The number of ether oxygens (including phenoxy) is 1. The molecule has 5 rings (SSSR count). The van der Waals surface area contributed by atoms with Crippen LogP contribution in [0.1, 0.15) is 37.3 Å². The van der Waals surface area contributed by atoms with Gasteiger partial charge in [-0.25, -0.2) is 0 Å². The Morgan fingerprint density at radius 2 is 1.68 bits per heavy atom. The maximum atomic E-state index is 14.2. The maximum absolute atomic E-state index is 14.2. The molecule has 0 radical (unpaired) electrons. The molecule has 0 aliphatic carbocycles. The SMILES string of the molecule is Cc1ccc2ccccc2c1CN1C(=O)[C@@H](C(C)C(N)=O)CN(C(=O)CC2CCOCC2)c2ccccc21. The summed E-state index contributed by atoms with van der Waals surface area (Å²) in [6.45, 7) is 5.49. The molecule has 2 aliphatic rings. The van der Waals surface area contributed by atoms with Gasteiger partial charge >= 0.3 is 0 Å². The summed E-state index contributed by atoms with van der Waals surface area (Å²) in [5.41, 5.74) is 9.20. The molecule has 2 heterocycles. The third-order valence-electron chi connectivity index (χ3n) is 8.17. The maximum Gasteiger partial charge on any atom is 0.233 e. The zero-order valence-electron chi connectivity index (χ0n) is 22.1. The van der Waals surface area contributed by atoms with Crippen molar-refractivity contribution in [2.45, 2.75) is 39.7 Å². The molecule has 38 heavy (non-hydrogen) atoms. The predicted octanol–water partition coefficient (Wildman–Crippen LogP) is 4.58. The van der Waals surface area contributed by atoms with Gasteiger partial charge in [0, 0.05) is 32.1 Å². The van der Waals surface area contributed by atoms with Gasteiger partial charge in [0.2, 0.25) is 17.7 Å². The summed E-state index contributed by atoms with van der Waals surface area (Å²) in [5, 5.41) is 2.17. The predicted molar refractivity (Wildman–Crippen MR) is 149 cm³/mol. The number of rotatable bonds is 6. The zero-order chi connectivity index (χ0) is 26.8. The van der Waals surface area contributed by atoms with Crippen LogP contribution in [0.15, 0.2) is 60.7 Å². The first kappa shape index (κ1) is 25.9. The number of amides is 3. The van der Waals surface area contributed by atoms with Gasteiger partial charge in [-0.3, -0.25) is 14.4 Å². The Kier molecular flexibility index (Phi) is 7.47. The first-order valence-corrected chi connectivity index (χ1v) is 13.4. The van der Waals surface area contributed by atoms with Gasteiger partial charge in [0.15, 0.2) is 0 Å². The van der Waals surface area contributed by atoms with Crippen LogP contribution in [0.4, 0.5) is 11.4 Å². The average molecular weight is 514 g/mol. The van der Waals surface area contributed by atoms with E-state index in [0.717, 1.165) is 34.7 Å². The second-order valence-corrected chi connectivity index (χ2v) is 10.6. The first-order chi connectivity index (χ1) is 18.3. The standard InChI is InChI=1S/C31H35N3O4/c1-20-11-12-23-7-3-4-8-24(23)25(20)18-34-28-10-6-5-9-27(28)33(19-26(31(34)37)21(2)30(32)36)29(35)17-22-13-15-38-16-14-22/h3-12,21-22,26H,13-19H2,1-2H3,(H2,32,36)/t21?,26-/m1/s1. The van der Waals surface area contributed by atoms with E-state index in [2.05, 4.69) is 24.3 Å². The molecule has 0 aromatic heterocycles. The molecule has 0 saturated carbocycles. The van der Waals surface area contributed by atoms with Crippen LogP contribution in [0.2, 0.25) is 0 Å². The summed E-state index contributed by atoms with van der Waals surface area (Å²) in [4.78, 5) is 43.8. The number of nitrogens with two attached hydrogens (primary N) is 1. The average Bonchev–Trinajstić information content (AvgIpc) is 3.05. The molecule has 2 aliphatic heterocycles. The Bertz CT molecular complexity index is 1360. The minimum atomic E-state index is -0.756. The molecule has 3 aromatic carbocycles. The molecule has 2 atom stereocenters. The number of hydrogen-bond donors (Lipinski definition) is 1. The first-order valence-electron chi connectivity index (χ1n) is 13.4. The molecule has 7 nitrogen and oxygen atoms in total. The highest BCUT2D eigenvalue weighted by molar-refractivity contribution is 6.07. The van der Waals surface area contributed by atoms with E-state index in [0.29, 0.717) is 37.6 Å². The van der Waals surface area contributed by atoms with Gasteiger partial charge in [-0.2, -0.15) is 0 Å². The van der Waals surface area contributed by atoms with Crippen molar-refractivity contribution in [1.82, 2.24) is 0 Å². The lowest BCUT2D eigenvalue weighted by Crippen LogP contribution is -2.46. The van der Waals surface area contributed by atoms with Crippen LogP contribution < -0.4 is 15.5 Å². The highest BCUT2D eigenvalue weighted by Crippen LogP contribution is 2.39. The number of carbonyl (C=O) groups is 3. The van der Waals surface area contributed by atoms with Gasteiger partial charge in [0.1, 0.15) is 0 Å². The van der Waals surface area contributed by atoms with E-state index < -0.39 is 17.7 Å². The third-order valence-corrected chi connectivity index (χ3v) is 8.17. The molecule has 2 N–H and O–H groups in total. The lowest BCUT2D eigenvalue weighted by Gasteiger charge is -2.29. The summed E-state index contributed by atoms with van der Waals surface area (Å²) >= 11 is 0. The zero-order valence-corrected chi connectivity index (χ0v) is 22.1. The smallest absolute Gasteiger partial charge is 0.233 e. The fourth-order valence-electron chi connectivity index (χ4n) is 5.70. The second kappa shape index (κ2) is 11.0. The number of benzene rings is 3. The van der Waals surface area contributed by atoms with Crippen LogP contribution in [0, 0.1) is 24.7 Å². The van der Waals surface area contributed by atoms with Crippen LogP contribution >= 0.6 is 0 Å². The molecule has 198 valence electrons. The number of aryl methyl sites for hydroxylation is 1. The topological polar surface area (TPSA) is 92.9 Å². The number of primary amides is 1. The fourth-order valence-corrected chi connectivity index (χ4v) is 5.70. The Morgan fingerprint density at radius 3 is 2.42 bits per heavy atom. The number of hydrogen-bond acceptors (Lipinski definition) is 4. The highest BCUT2D eigenvalue weighted by atomic mass is 16.5. The van der Waals surface area contributed by atoms with E-state index in [1.807, 2.05) is 43.3 Å². The summed E-state index contributed by atoms with van der Waals surface area (Å²) in [6.07, 6.45) is 2.06. The van der Waals surface area contributed by atoms with Crippen LogP contribution in [0.3, 0.4) is 0 Å². The van der Waals surface area contributed by atoms with Crippen molar-refractivity contribution in [3.8, 4) is 0 Å². The van der Waals surface area contributed by atoms with E-state index in [4.69, 9.17) is 10.5 Å². The van der Waals surface area contributed by atoms with Crippen LogP contribution in [-0.2, 0) is 25.7 Å². The molecule has 1 saturated heterocycles. The minimum Gasteiger partial charge on any atom is -0.381 e. The van der Waals surface area contributed by atoms with E-state index in [-0.39, 0.29) is 24.3 Å². The van der Waals surface area contributed by atoms with Gasteiger partial charge in [0.05, 0.1) is 23.8 Å². The van der Waals surface area contributed by atoms with Gasteiger partial charge in [-0.15, -0.1) is 0 Å². The normalized spacial score (nSPS) is 19.2. The molecular formula is C31H35N3O4. The van der Waals surface area contributed by atoms with E-state index >= 15 is 0 Å². The summed E-state index contributed by atoms with van der Waals surface area (Å²) in [6, 6.07) is 19.8. The lowest BCUT2D eigenvalue weighted by atomic mass is 9.90. The van der Waals surface area contributed by atoms with Crippen molar-refractivity contribution >= 4 is 39.9 Å². The molecule has 1 fully saturated rings. The van der Waals surface area contributed by atoms with E-state index in [1.165, 1.54) is 0 Å². The Morgan fingerprint density at radius 1 is 1.00 bits per heavy atom. The quantitative estimate of drug-likeness (QED) is 0.522. The third kappa shape index (κ3) is 5.03. The molecule has 3 aromatic rings. The fraction of sp³-hybridized carbons (Fsp3) is 0.387. The molecule has 7 heteroatoms. The van der Waals surface area contributed by atoms with Crippen molar-refractivity contribution in [1.29, 1.82) is 0 Å². The van der Waals surface area contributed by atoms with Crippen LogP contribution in [0.25, 0.3) is 10.8 Å². The number of nitrogens with zero attached hydrogens (tertiary/aromatic N) is 2. The summed E-state index contributed by atoms with van der Waals surface area (Å²) in [7, 11) is 0. The van der Waals surface area contributed by atoms with Gasteiger partial charge in [0.25, 0.3) is 0 Å². The minimum absolute atomic E-state index is 0.0398. The number of carbonyl (C=O) groups excluding carboxylic acids is 3. The lowest BCUT2D eigenvalue weighted by molar-refractivity contribution is -0.131. The van der Waals surface area contributed by atoms with Gasteiger partial charge in [-0.1, -0.05) is 55.5 Å². The molecular weight excluding hydrogens is 478 g/mol. The van der Waals surface area contributed by atoms with Crippen molar-refractivity contribution in [3.05, 3.63) is 71.8 Å². The molecule has 0 bridgehead atoms. The number of fused-ring (bicyclic) bond motifs is 2. The van der Waals surface area contributed by atoms with Crippen LogP contribution in [-0.4, -0.2) is 37.5 Å². The highest BCUT2D eigenvalue weighted by Gasteiger charge is 2.40. The summed E-state index contributed by atoms with van der Waals surface area (Å²) in [5.74, 6) is -2.03. The Balaban J connectivity index is 1.59. The largest absolute Gasteiger partial charge is 0.381 e. The van der Waals surface area contributed by atoms with E-state index in [9.17, 15) is 14.4 Å². The van der Waals surface area contributed by atoms with Gasteiger partial charge in [-0.05, 0) is 59.7 Å². The number of anilines is 2. The van der Waals surface area contributed by atoms with E-state index in [1.54, 1.807) is 16.7 Å². The van der Waals surface area contributed by atoms with Crippen molar-refractivity contribution < 1.29 is 19.1 Å². The molecule has 0 spiro atoms. The second-order valence-electron chi connectivity index (χ2n) is 10.6. The molecule has 1 unspecified atom stereocenters. The molecule has 3 amide bonds.